The van der Waals surface area contributed by atoms with Crippen LogP contribution in [0.1, 0.15) is 35.9 Å². The lowest BCUT2D eigenvalue weighted by molar-refractivity contribution is 0.102. The summed E-state index contributed by atoms with van der Waals surface area (Å²) in [6.07, 6.45) is 3.78. The van der Waals surface area contributed by atoms with Crippen LogP contribution in [0.2, 0.25) is 0 Å². The van der Waals surface area contributed by atoms with Crippen molar-refractivity contribution in [1.82, 2.24) is 14.8 Å². The van der Waals surface area contributed by atoms with Crippen molar-refractivity contribution in [3.63, 3.8) is 0 Å². The highest BCUT2D eigenvalue weighted by Crippen LogP contribution is 2.21. The zero-order valence-corrected chi connectivity index (χ0v) is 15.0. The standard InChI is InChI=1S/C18H20N4OS/c1-11(2)22-17-13(10-19-22)9-16(12(3)20-17)18(23)21-14-5-7-15(24-4)8-6-14/h5-11H,1-4H3,(H,21,23). The molecule has 1 amide bonds. The Morgan fingerprint density at radius 1 is 1.25 bits per heavy atom. The maximum atomic E-state index is 12.6. The number of carbonyl (C=O) groups is 1. The molecule has 124 valence electrons. The molecule has 0 unspecified atom stereocenters. The second-order valence-electron chi connectivity index (χ2n) is 5.90. The Morgan fingerprint density at radius 2 is 1.96 bits per heavy atom. The third-order valence-electron chi connectivity index (χ3n) is 3.84. The van der Waals surface area contributed by atoms with Gasteiger partial charge in [-0.3, -0.25) is 4.79 Å². The van der Waals surface area contributed by atoms with Gasteiger partial charge in [0.1, 0.15) is 0 Å². The number of amides is 1. The second kappa shape index (κ2) is 6.65. The fourth-order valence-electron chi connectivity index (χ4n) is 2.55. The first kappa shape index (κ1) is 16.5. The highest BCUT2D eigenvalue weighted by Gasteiger charge is 2.15. The molecule has 5 nitrogen and oxygen atoms in total. The summed E-state index contributed by atoms with van der Waals surface area (Å²) in [5, 5.41) is 8.16. The summed E-state index contributed by atoms with van der Waals surface area (Å²) in [4.78, 5) is 18.3. The van der Waals surface area contributed by atoms with E-state index >= 15 is 0 Å². The van der Waals surface area contributed by atoms with Gasteiger partial charge in [-0.15, -0.1) is 11.8 Å². The molecule has 1 N–H and O–H groups in total. The van der Waals surface area contributed by atoms with Gasteiger partial charge in [-0.05, 0) is 57.4 Å². The average molecular weight is 340 g/mol. The molecule has 0 aliphatic carbocycles. The summed E-state index contributed by atoms with van der Waals surface area (Å²) in [5.41, 5.74) is 2.85. The van der Waals surface area contributed by atoms with Crippen molar-refractivity contribution in [3.8, 4) is 0 Å². The number of pyridine rings is 1. The first-order valence-electron chi connectivity index (χ1n) is 7.80. The first-order valence-corrected chi connectivity index (χ1v) is 9.02. The van der Waals surface area contributed by atoms with Crippen LogP contribution in [0.25, 0.3) is 11.0 Å². The van der Waals surface area contributed by atoms with Crippen molar-refractivity contribution in [2.75, 3.05) is 11.6 Å². The monoisotopic (exact) mass is 340 g/mol. The van der Waals surface area contributed by atoms with Crippen molar-refractivity contribution < 1.29 is 4.79 Å². The van der Waals surface area contributed by atoms with Gasteiger partial charge in [0.2, 0.25) is 0 Å². The number of nitrogens with one attached hydrogen (secondary N) is 1. The Kier molecular flexibility index (Phi) is 4.57. The van der Waals surface area contributed by atoms with Crippen LogP contribution in [-0.2, 0) is 0 Å². The van der Waals surface area contributed by atoms with E-state index in [4.69, 9.17) is 0 Å². The third-order valence-corrected chi connectivity index (χ3v) is 4.58. The number of carbonyl (C=O) groups excluding carboxylic acids is 1. The van der Waals surface area contributed by atoms with Crippen molar-refractivity contribution >= 4 is 34.4 Å². The summed E-state index contributed by atoms with van der Waals surface area (Å²) in [7, 11) is 0. The molecule has 0 spiro atoms. The van der Waals surface area contributed by atoms with E-state index in [0.29, 0.717) is 11.3 Å². The van der Waals surface area contributed by atoms with Crippen LogP contribution in [0.3, 0.4) is 0 Å². The van der Waals surface area contributed by atoms with Gasteiger partial charge >= 0.3 is 0 Å². The van der Waals surface area contributed by atoms with E-state index in [9.17, 15) is 4.79 Å². The van der Waals surface area contributed by atoms with Gasteiger partial charge in [-0.1, -0.05) is 0 Å². The molecule has 0 radical (unpaired) electrons. The molecule has 3 rings (SSSR count). The molecule has 0 bridgehead atoms. The highest BCUT2D eigenvalue weighted by molar-refractivity contribution is 7.98. The third kappa shape index (κ3) is 3.14. The molecule has 0 saturated heterocycles. The quantitative estimate of drug-likeness (QED) is 0.720. The van der Waals surface area contributed by atoms with Gasteiger partial charge in [-0.25, -0.2) is 9.67 Å². The summed E-state index contributed by atoms with van der Waals surface area (Å²) in [5.74, 6) is -0.156. The minimum Gasteiger partial charge on any atom is -0.322 e. The number of fused-ring (bicyclic) bond motifs is 1. The van der Waals surface area contributed by atoms with Crippen molar-refractivity contribution in [2.45, 2.75) is 31.7 Å². The molecular weight excluding hydrogens is 320 g/mol. The smallest absolute Gasteiger partial charge is 0.257 e. The van der Waals surface area contributed by atoms with Gasteiger partial charge in [0.25, 0.3) is 5.91 Å². The molecule has 0 fully saturated rings. The Bertz CT molecular complexity index is 884. The Balaban J connectivity index is 1.90. The van der Waals surface area contributed by atoms with Gasteiger partial charge in [0, 0.05) is 22.0 Å². The number of rotatable bonds is 4. The van der Waals surface area contributed by atoms with Crippen LogP contribution >= 0.6 is 11.8 Å². The van der Waals surface area contributed by atoms with Crippen LogP contribution in [-0.4, -0.2) is 26.9 Å². The fraction of sp³-hybridized carbons (Fsp3) is 0.278. The maximum absolute atomic E-state index is 12.6. The van der Waals surface area contributed by atoms with Gasteiger partial charge in [-0.2, -0.15) is 5.10 Å². The number of anilines is 1. The molecule has 2 aromatic heterocycles. The van der Waals surface area contributed by atoms with E-state index in [0.717, 1.165) is 21.6 Å². The predicted molar refractivity (Wildman–Crippen MR) is 98.8 cm³/mol. The SMILES string of the molecule is CSc1ccc(NC(=O)c2cc3cnn(C(C)C)c3nc2C)cc1. The normalized spacial score (nSPS) is 11.2. The predicted octanol–water partition coefficient (Wildman–Crippen LogP) is 4.29. The molecular formula is C18H20N4OS. The molecule has 2 heterocycles. The van der Waals surface area contributed by atoms with E-state index in [-0.39, 0.29) is 11.9 Å². The van der Waals surface area contributed by atoms with Crippen molar-refractivity contribution in [1.29, 1.82) is 0 Å². The minimum absolute atomic E-state index is 0.156. The summed E-state index contributed by atoms with van der Waals surface area (Å²) >= 11 is 1.67. The summed E-state index contributed by atoms with van der Waals surface area (Å²) in [6.45, 7) is 5.97. The van der Waals surface area contributed by atoms with E-state index < -0.39 is 0 Å². The number of thioether (sulfide) groups is 1. The molecule has 0 saturated carbocycles. The van der Waals surface area contributed by atoms with Crippen LogP contribution < -0.4 is 5.32 Å². The summed E-state index contributed by atoms with van der Waals surface area (Å²) < 4.78 is 1.87. The van der Waals surface area contributed by atoms with Gasteiger partial charge in [0.05, 0.1) is 17.5 Å². The highest BCUT2D eigenvalue weighted by atomic mass is 32.2. The molecule has 0 atom stereocenters. The zero-order chi connectivity index (χ0) is 17.3. The zero-order valence-electron chi connectivity index (χ0n) is 14.2. The van der Waals surface area contributed by atoms with E-state index in [1.54, 1.807) is 18.0 Å². The van der Waals surface area contributed by atoms with Crippen LogP contribution in [0, 0.1) is 6.92 Å². The van der Waals surface area contributed by atoms with Crippen LogP contribution in [0.15, 0.2) is 41.4 Å². The topological polar surface area (TPSA) is 59.8 Å². The van der Waals surface area contributed by atoms with Crippen LogP contribution in [0.5, 0.6) is 0 Å². The number of hydrogen-bond donors (Lipinski definition) is 1. The Labute approximate surface area is 145 Å². The van der Waals surface area contributed by atoms with E-state index in [1.807, 2.05) is 48.2 Å². The lowest BCUT2D eigenvalue weighted by atomic mass is 10.1. The number of aromatic nitrogens is 3. The van der Waals surface area contributed by atoms with Crippen molar-refractivity contribution in [3.05, 3.63) is 47.8 Å². The molecule has 0 aliphatic heterocycles. The van der Waals surface area contributed by atoms with E-state index in [1.165, 1.54) is 0 Å². The number of aryl methyl sites for hydroxylation is 1. The van der Waals surface area contributed by atoms with E-state index in [2.05, 4.69) is 29.2 Å². The average Bonchev–Trinajstić information content (AvgIpc) is 2.97. The molecule has 24 heavy (non-hydrogen) atoms. The maximum Gasteiger partial charge on any atom is 0.257 e. The number of hydrogen-bond acceptors (Lipinski definition) is 4. The second-order valence-corrected chi connectivity index (χ2v) is 6.78. The molecule has 6 heteroatoms. The largest absolute Gasteiger partial charge is 0.322 e. The fourth-order valence-corrected chi connectivity index (χ4v) is 2.95. The molecule has 1 aromatic carbocycles. The van der Waals surface area contributed by atoms with Gasteiger partial charge < -0.3 is 5.32 Å². The lowest BCUT2D eigenvalue weighted by Crippen LogP contribution is -2.14. The number of benzene rings is 1. The lowest BCUT2D eigenvalue weighted by Gasteiger charge is -2.10. The Morgan fingerprint density at radius 3 is 2.58 bits per heavy atom. The van der Waals surface area contributed by atoms with Crippen LogP contribution in [0.4, 0.5) is 5.69 Å². The minimum atomic E-state index is -0.156. The Hall–Kier alpha value is -2.34. The van der Waals surface area contributed by atoms with Gasteiger partial charge in [0.15, 0.2) is 5.65 Å². The first-order chi connectivity index (χ1) is 11.5. The summed E-state index contributed by atoms with van der Waals surface area (Å²) in [6, 6.07) is 9.87. The molecule has 0 aliphatic rings. The number of nitrogens with zero attached hydrogens (tertiary/aromatic N) is 3. The van der Waals surface area contributed by atoms with Crippen molar-refractivity contribution in [2.24, 2.45) is 0 Å². The molecule has 3 aromatic rings.